The Labute approximate surface area is 407 Å². The summed E-state index contributed by atoms with van der Waals surface area (Å²) in [7, 11) is 0. The summed E-state index contributed by atoms with van der Waals surface area (Å²) < 4.78 is 0. The molecule has 1 rings (SSSR count). The number of nitrogens with two attached hydrogens (primary N) is 4. The van der Waals surface area contributed by atoms with E-state index in [1.165, 1.54) is 25.6 Å². The van der Waals surface area contributed by atoms with Crippen LogP contribution in [0.3, 0.4) is 0 Å². The van der Waals surface area contributed by atoms with Gasteiger partial charge < -0.3 is 80.8 Å². The number of thioether (sulfide) groups is 1. The summed E-state index contributed by atoms with van der Waals surface area (Å²) in [5, 5.41) is 48.6. The van der Waals surface area contributed by atoms with Gasteiger partial charge in [0.15, 0.2) is 0 Å². The van der Waals surface area contributed by atoms with Gasteiger partial charge in [0.1, 0.15) is 42.3 Å². The van der Waals surface area contributed by atoms with Gasteiger partial charge in [-0.05, 0) is 50.2 Å². The van der Waals surface area contributed by atoms with Crippen molar-refractivity contribution in [1.82, 2.24) is 42.5 Å². The number of hydrogen-bond acceptors (Lipinski definition) is 16. The van der Waals surface area contributed by atoms with Crippen LogP contribution in [0.2, 0.25) is 0 Å². The van der Waals surface area contributed by atoms with E-state index in [4.69, 9.17) is 22.9 Å². The Hall–Kier alpha value is -6.91. The molecule has 0 aliphatic carbocycles. The van der Waals surface area contributed by atoms with E-state index in [9.17, 15) is 72.9 Å². The molecule has 0 radical (unpaired) electrons. The molecule has 0 spiro atoms. The van der Waals surface area contributed by atoms with Crippen molar-refractivity contribution in [3.05, 3.63) is 35.9 Å². The monoisotopic (exact) mass is 1010 g/mol. The molecule has 70 heavy (non-hydrogen) atoms. The van der Waals surface area contributed by atoms with Gasteiger partial charge in [0.25, 0.3) is 0 Å². The van der Waals surface area contributed by atoms with Crippen LogP contribution >= 0.6 is 11.8 Å². The number of aliphatic carboxylic acids is 1. The number of carboxylic acids is 1. The third kappa shape index (κ3) is 22.5. The van der Waals surface area contributed by atoms with Crippen molar-refractivity contribution in [2.24, 2.45) is 28.9 Å². The van der Waals surface area contributed by atoms with E-state index in [1.54, 1.807) is 36.6 Å². The van der Waals surface area contributed by atoms with Crippen molar-refractivity contribution < 1.29 is 72.9 Å². The van der Waals surface area contributed by atoms with E-state index in [0.717, 1.165) is 13.8 Å². The Balaban J connectivity index is 3.36. The maximum absolute atomic E-state index is 14.0. The lowest BCUT2D eigenvalue weighted by Gasteiger charge is -2.28. The Bertz CT molecular complexity index is 2030. The summed E-state index contributed by atoms with van der Waals surface area (Å²) in [6, 6.07) is -4.48. The number of rotatable bonds is 32. The Morgan fingerprint density at radius 3 is 1.54 bits per heavy atom. The molecule has 0 aliphatic heterocycles. The minimum absolute atomic E-state index is 0.0468. The zero-order valence-corrected chi connectivity index (χ0v) is 40.2. The predicted octanol–water partition coefficient (Wildman–Crippen LogP) is -6.66. The lowest BCUT2D eigenvalue weighted by Crippen LogP contribution is -2.62. The van der Waals surface area contributed by atoms with Crippen LogP contribution in [-0.2, 0) is 64.0 Å². The van der Waals surface area contributed by atoms with Gasteiger partial charge in [0.05, 0.1) is 37.6 Å². The molecule has 390 valence electrons. The van der Waals surface area contributed by atoms with Crippen molar-refractivity contribution in [2.45, 2.75) is 127 Å². The Morgan fingerprint density at radius 2 is 1.03 bits per heavy atom. The van der Waals surface area contributed by atoms with Gasteiger partial charge in [0, 0.05) is 12.8 Å². The Morgan fingerprint density at radius 1 is 0.557 bits per heavy atom. The van der Waals surface area contributed by atoms with Gasteiger partial charge in [-0.1, -0.05) is 44.2 Å². The lowest BCUT2D eigenvalue weighted by molar-refractivity contribution is -0.144. The molecule has 1 aromatic carbocycles. The fraction of sp³-hybridized carbons (Fsp3) is 0.571. The van der Waals surface area contributed by atoms with Gasteiger partial charge in [-0.25, -0.2) is 4.79 Å². The number of hydrogen-bond donors (Lipinski definition) is 15. The molecule has 11 amide bonds. The molecule has 1 aromatic rings. The fourth-order valence-electron chi connectivity index (χ4n) is 6.26. The number of carbonyl (C=O) groups is 12. The van der Waals surface area contributed by atoms with Crippen molar-refractivity contribution in [2.75, 3.05) is 18.6 Å². The van der Waals surface area contributed by atoms with Gasteiger partial charge in [-0.15, -0.1) is 0 Å². The average Bonchev–Trinajstić information content (AvgIpc) is 3.26. The summed E-state index contributed by atoms with van der Waals surface area (Å²) >= 11 is 1.33. The molecule has 0 fully saturated rings. The fourth-order valence-corrected chi connectivity index (χ4v) is 6.73. The standard InChI is InChI=1S/C42H66N12O15S/c1-19(2)32(42(68)69)53-41(67)33(20(3)55)52-31(60)18-47-36(62)24(11-12-28(44)57)49-38(64)27(17-30(46)59)51-40(66)34(21(4)56)54-39(65)26(15-22-9-7-6-8-10-22)50-37(63)25(13-14-70-5)48-35(61)23(43)16-29(45)58/h6-10,19-21,23-27,32-34,55-56H,11-18,43H2,1-5H3,(H2,44,57)(H2,45,58)(H2,46,59)(H,47,62)(H,48,61)(H,49,64)(H,50,63)(H,51,66)(H,52,60)(H,53,67)(H,54,65)(H,68,69)/t20-,21-,23+,24+,25+,26+,27+,32+,33+,34+/m1/s1. The summed E-state index contributed by atoms with van der Waals surface area (Å²) in [5.41, 5.74) is 22.1. The van der Waals surface area contributed by atoms with Gasteiger partial charge in [0.2, 0.25) is 65.0 Å². The largest absolute Gasteiger partial charge is 0.480 e. The first-order valence-electron chi connectivity index (χ1n) is 21.8. The summed E-state index contributed by atoms with van der Waals surface area (Å²) in [6.45, 7) is 4.35. The van der Waals surface area contributed by atoms with Gasteiger partial charge in [-0.2, -0.15) is 11.8 Å². The van der Waals surface area contributed by atoms with E-state index >= 15 is 0 Å². The molecular formula is C42H66N12O15S. The second-order valence-electron chi connectivity index (χ2n) is 16.5. The molecule has 0 saturated carbocycles. The molecule has 0 aromatic heterocycles. The van der Waals surface area contributed by atoms with Crippen LogP contribution in [0.4, 0.5) is 0 Å². The highest BCUT2D eigenvalue weighted by Gasteiger charge is 2.36. The zero-order chi connectivity index (χ0) is 53.4. The number of nitrogens with one attached hydrogen (secondary N) is 8. The van der Waals surface area contributed by atoms with E-state index in [1.807, 2.05) is 0 Å². The molecule has 0 bridgehead atoms. The SMILES string of the molecule is CSCC[C@H](NC(=O)[C@@H](N)CC(N)=O)C(=O)N[C@@H](Cc1ccccc1)C(=O)N[C@H](C(=O)N[C@@H](CC(N)=O)C(=O)N[C@@H](CCC(N)=O)C(=O)NCC(=O)N[C@H](C(=O)N[C@H](C(=O)O)C(C)C)[C@@H](C)O)[C@@H](C)O. The first-order valence-corrected chi connectivity index (χ1v) is 23.2. The summed E-state index contributed by atoms with van der Waals surface area (Å²) in [5.74, 6) is -13.1. The second-order valence-corrected chi connectivity index (χ2v) is 17.5. The summed E-state index contributed by atoms with van der Waals surface area (Å²) in [6.07, 6.45) is -4.14. The third-order valence-electron chi connectivity index (χ3n) is 10.1. The van der Waals surface area contributed by atoms with E-state index < -0.39 is 170 Å². The molecular weight excluding hydrogens is 945 g/mol. The van der Waals surface area contributed by atoms with E-state index in [-0.39, 0.29) is 12.8 Å². The minimum Gasteiger partial charge on any atom is -0.480 e. The lowest BCUT2D eigenvalue weighted by atomic mass is 10.0. The highest BCUT2D eigenvalue weighted by atomic mass is 32.2. The normalized spacial score (nSPS) is 15.3. The molecule has 27 nitrogen and oxygen atoms in total. The highest BCUT2D eigenvalue weighted by Crippen LogP contribution is 2.10. The Kier molecular flexibility index (Phi) is 26.7. The maximum Gasteiger partial charge on any atom is 0.326 e. The first-order chi connectivity index (χ1) is 32.7. The van der Waals surface area contributed by atoms with Crippen molar-refractivity contribution in [1.29, 1.82) is 0 Å². The number of aliphatic hydroxyl groups excluding tert-OH is 2. The third-order valence-corrected chi connectivity index (χ3v) is 10.7. The molecule has 10 atom stereocenters. The van der Waals surface area contributed by atoms with Gasteiger partial charge >= 0.3 is 5.97 Å². The number of primary amides is 3. The molecule has 28 heteroatoms. The highest BCUT2D eigenvalue weighted by molar-refractivity contribution is 7.98. The first kappa shape index (κ1) is 61.1. The van der Waals surface area contributed by atoms with E-state index in [2.05, 4.69) is 42.5 Å². The number of aliphatic hydroxyl groups is 2. The minimum atomic E-state index is -1.91. The molecule has 19 N–H and O–H groups in total. The van der Waals surface area contributed by atoms with Crippen LogP contribution in [0.5, 0.6) is 0 Å². The van der Waals surface area contributed by atoms with Crippen LogP contribution in [0.25, 0.3) is 0 Å². The van der Waals surface area contributed by atoms with Gasteiger partial charge in [-0.3, -0.25) is 52.7 Å². The smallest absolute Gasteiger partial charge is 0.326 e. The number of amides is 11. The predicted molar refractivity (Wildman–Crippen MR) is 250 cm³/mol. The van der Waals surface area contributed by atoms with Crippen LogP contribution in [0.15, 0.2) is 30.3 Å². The molecule has 0 heterocycles. The maximum atomic E-state index is 14.0. The van der Waals surface area contributed by atoms with Crippen LogP contribution in [-0.4, -0.2) is 165 Å². The summed E-state index contributed by atoms with van der Waals surface area (Å²) in [4.78, 5) is 154. The number of benzene rings is 1. The number of carbonyl (C=O) groups excluding carboxylic acids is 11. The number of carboxylic acid groups (broad SMARTS) is 1. The van der Waals surface area contributed by atoms with Crippen molar-refractivity contribution in [3.8, 4) is 0 Å². The zero-order valence-electron chi connectivity index (χ0n) is 39.4. The van der Waals surface area contributed by atoms with Crippen molar-refractivity contribution >= 4 is 82.7 Å². The average molecular weight is 1010 g/mol. The van der Waals surface area contributed by atoms with Crippen LogP contribution in [0, 0.1) is 5.92 Å². The molecule has 0 aliphatic rings. The second kappa shape index (κ2) is 30.6. The molecule has 0 unspecified atom stereocenters. The molecule has 0 saturated heterocycles. The van der Waals surface area contributed by atoms with Crippen molar-refractivity contribution in [3.63, 3.8) is 0 Å². The topological polar surface area (TPSA) is 466 Å². The van der Waals surface area contributed by atoms with Crippen LogP contribution < -0.4 is 65.5 Å². The van der Waals surface area contributed by atoms with E-state index in [0.29, 0.717) is 11.3 Å². The quantitative estimate of drug-likeness (QED) is 0.0319. The van der Waals surface area contributed by atoms with Crippen LogP contribution in [0.1, 0.15) is 65.4 Å².